The molecule has 0 aromatic heterocycles. The molecule has 1 aliphatic carbocycles. The monoisotopic (exact) mass is 354 g/mol. The Labute approximate surface area is 148 Å². The molecule has 2 heterocycles. The SMILES string of the molecule is CC[C@@H]1CC[C@@H](CC)P1C1CCCC1P1[C@H](CC)CC[C@H]1CC. The van der Waals surface area contributed by atoms with Gasteiger partial charge in [-0.25, -0.2) is 0 Å². The van der Waals surface area contributed by atoms with E-state index in [2.05, 4.69) is 27.7 Å². The highest BCUT2D eigenvalue weighted by Crippen LogP contribution is 2.72. The lowest BCUT2D eigenvalue weighted by Crippen LogP contribution is -2.26. The molecule has 3 aliphatic rings. The minimum Gasteiger partial charge on any atom is -0.0965 e. The standard InChI is InChI=1S/C21H40P2/c1-5-16-12-13-17(6-2)22(16)20-10-9-11-21(20)23-18(7-3)14-15-19(23)8-4/h16-21H,5-15H2,1-4H3/t16-,17-,18-,19-,20?,21?/m1/s1. The van der Waals surface area contributed by atoms with Crippen molar-refractivity contribution in [3.63, 3.8) is 0 Å². The third-order valence-corrected chi connectivity index (χ3v) is 16.3. The summed E-state index contributed by atoms with van der Waals surface area (Å²) in [6.45, 7) is 9.97. The van der Waals surface area contributed by atoms with Crippen LogP contribution in [0.2, 0.25) is 0 Å². The highest BCUT2D eigenvalue weighted by molar-refractivity contribution is 7.64. The first-order valence-corrected chi connectivity index (χ1v) is 13.9. The lowest BCUT2D eigenvalue weighted by molar-refractivity contribution is 0.696. The van der Waals surface area contributed by atoms with E-state index in [0.29, 0.717) is 15.8 Å². The molecule has 3 fully saturated rings. The summed E-state index contributed by atoms with van der Waals surface area (Å²) in [6, 6.07) is 0. The first kappa shape index (κ1) is 18.6. The van der Waals surface area contributed by atoms with E-state index in [1.807, 2.05) is 0 Å². The Hall–Kier alpha value is 0.860. The van der Waals surface area contributed by atoms with Crippen molar-refractivity contribution in [2.45, 2.75) is 132 Å². The van der Waals surface area contributed by atoms with Crippen molar-refractivity contribution in [3.8, 4) is 0 Å². The Morgan fingerprint density at radius 2 is 0.826 bits per heavy atom. The molecular weight excluding hydrogens is 314 g/mol. The van der Waals surface area contributed by atoms with Gasteiger partial charge in [0.2, 0.25) is 0 Å². The highest BCUT2D eigenvalue weighted by atomic mass is 31.1. The van der Waals surface area contributed by atoms with E-state index >= 15 is 0 Å². The van der Waals surface area contributed by atoms with Gasteiger partial charge < -0.3 is 0 Å². The molecule has 3 rings (SSSR count). The molecular formula is C21H40P2. The van der Waals surface area contributed by atoms with Crippen LogP contribution in [0.5, 0.6) is 0 Å². The molecule has 134 valence electrons. The van der Waals surface area contributed by atoms with Gasteiger partial charge in [0, 0.05) is 0 Å². The summed E-state index contributed by atoms with van der Waals surface area (Å²) in [4.78, 5) is 0. The van der Waals surface area contributed by atoms with Gasteiger partial charge in [-0.05, 0) is 98.2 Å². The summed E-state index contributed by atoms with van der Waals surface area (Å²) in [6.07, 6.45) is 17.1. The smallest absolute Gasteiger partial charge is 0.0136 e. The molecule has 2 unspecified atom stereocenters. The van der Waals surface area contributed by atoms with Crippen LogP contribution >= 0.6 is 15.8 Å². The summed E-state index contributed by atoms with van der Waals surface area (Å²) in [7, 11) is 0.679. The van der Waals surface area contributed by atoms with Gasteiger partial charge in [-0.1, -0.05) is 50.0 Å². The van der Waals surface area contributed by atoms with Crippen molar-refractivity contribution in [2.24, 2.45) is 0 Å². The second-order valence-electron chi connectivity index (χ2n) is 8.36. The largest absolute Gasteiger partial charge is 0.0965 e. The van der Waals surface area contributed by atoms with Gasteiger partial charge in [0.25, 0.3) is 0 Å². The third-order valence-electron chi connectivity index (χ3n) is 7.45. The predicted molar refractivity (Wildman–Crippen MR) is 110 cm³/mol. The minimum atomic E-state index is 0.339. The quantitative estimate of drug-likeness (QED) is 0.431. The van der Waals surface area contributed by atoms with Gasteiger partial charge in [0.1, 0.15) is 0 Å². The molecule has 0 nitrogen and oxygen atoms in total. The van der Waals surface area contributed by atoms with Crippen molar-refractivity contribution in [1.82, 2.24) is 0 Å². The average molecular weight is 354 g/mol. The summed E-state index contributed by atoms with van der Waals surface area (Å²) in [5.74, 6) is 0. The summed E-state index contributed by atoms with van der Waals surface area (Å²) >= 11 is 0. The van der Waals surface area contributed by atoms with Crippen LogP contribution in [0.3, 0.4) is 0 Å². The maximum atomic E-state index is 2.49. The first-order chi connectivity index (χ1) is 11.2. The van der Waals surface area contributed by atoms with Crippen molar-refractivity contribution < 1.29 is 0 Å². The van der Waals surface area contributed by atoms with E-state index in [9.17, 15) is 0 Å². The maximum Gasteiger partial charge on any atom is -0.0136 e. The van der Waals surface area contributed by atoms with Gasteiger partial charge in [-0.2, -0.15) is 0 Å². The Morgan fingerprint density at radius 1 is 0.522 bits per heavy atom. The third kappa shape index (κ3) is 3.56. The lowest BCUT2D eigenvalue weighted by atomic mass is 10.1. The second-order valence-corrected chi connectivity index (χ2v) is 14.4. The summed E-state index contributed by atoms with van der Waals surface area (Å²) in [5.41, 5.74) is 6.93. The molecule has 2 saturated heterocycles. The zero-order valence-corrected chi connectivity index (χ0v) is 17.9. The Balaban J connectivity index is 1.81. The van der Waals surface area contributed by atoms with E-state index in [4.69, 9.17) is 0 Å². The predicted octanol–water partition coefficient (Wildman–Crippen LogP) is 7.57. The Bertz CT molecular complexity index is 311. The van der Waals surface area contributed by atoms with Crippen LogP contribution in [-0.4, -0.2) is 34.0 Å². The Kier molecular flexibility index (Phi) is 6.89. The zero-order chi connectivity index (χ0) is 16.4. The average Bonchev–Trinajstić information content (AvgIpc) is 3.29. The van der Waals surface area contributed by atoms with Crippen LogP contribution < -0.4 is 0 Å². The van der Waals surface area contributed by atoms with Gasteiger partial charge in [0.05, 0.1) is 0 Å². The van der Waals surface area contributed by atoms with Gasteiger partial charge >= 0.3 is 0 Å². The Morgan fingerprint density at radius 3 is 1.09 bits per heavy atom. The molecule has 2 aliphatic heterocycles. The number of hydrogen-bond donors (Lipinski definition) is 0. The fourth-order valence-electron chi connectivity index (χ4n) is 6.32. The topological polar surface area (TPSA) is 0 Å². The van der Waals surface area contributed by atoms with E-state index in [-0.39, 0.29) is 0 Å². The van der Waals surface area contributed by atoms with Gasteiger partial charge in [-0.15, -0.1) is 0 Å². The van der Waals surface area contributed by atoms with Crippen LogP contribution in [0.15, 0.2) is 0 Å². The van der Waals surface area contributed by atoms with Crippen LogP contribution in [-0.2, 0) is 0 Å². The fraction of sp³-hybridized carbons (Fsp3) is 1.00. The maximum absolute atomic E-state index is 2.49. The number of hydrogen-bond acceptors (Lipinski definition) is 0. The first-order valence-electron chi connectivity index (χ1n) is 10.8. The molecule has 2 heteroatoms. The lowest BCUT2D eigenvalue weighted by Gasteiger charge is -2.40. The van der Waals surface area contributed by atoms with Crippen LogP contribution in [0.4, 0.5) is 0 Å². The van der Waals surface area contributed by atoms with Crippen LogP contribution in [0.25, 0.3) is 0 Å². The molecule has 23 heavy (non-hydrogen) atoms. The molecule has 0 N–H and O–H groups in total. The molecule has 0 amide bonds. The molecule has 0 spiro atoms. The van der Waals surface area contributed by atoms with E-state index in [1.54, 1.807) is 44.9 Å². The normalized spacial score (nSPS) is 42.8. The molecule has 0 aromatic rings. The van der Waals surface area contributed by atoms with E-state index in [1.165, 1.54) is 37.0 Å². The fourth-order valence-corrected chi connectivity index (χ4v) is 16.1. The van der Waals surface area contributed by atoms with Crippen LogP contribution in [0, 0.1) is 0 Å². The molecule has 0 radical (unpaired) electrons. The molecule has 6 atom stereocenters. The molecule has 0 bridgehead atoms. The highest BCUT2D eigenvalue weighted by Gasteiger charge is 2.49. The van der Waals surface area contributed by atoms with Crippen molar-refractivity contribution >= 4 is 15.8 Å². The van der Waals surface area contributed by atoms with Crippen molar-refractivity contribution in [2.75, 3.05) is 0 Å². The van der Waals surface area contributed by atoms with Gasteiger partial charge in [-0.3, -0.25) is 0 Å². The molecule has 0 aromatic carbocycles. The number of rotatable bonds is 6. The van der Waals surface area contributed by atoms with Crippen molar-refractivity contribution in [1.29, 1.82) is 0 Å². The minimum absolute atomic E-state index is 0.339. The van der Waals surface area contributed by atoms with Gasteiger partial charge in [0.15, 0.2) is 0 Å². The van der Waals surface area contributed by atoms with E-state index in [0.717, 1.165) is 22.6 Å². The van der Waals surface area contributed by atoms with Crippen LogP contribution in [0.1, 0.15) is 98.3 Å². The van der Waals surface area contributed by atoms with Crippen molar-refractivity contribution in [3.05, 3.63) is 0 Å². The zero-order valence-electron chi connectivity index (χ0n) is 16.1. The summed E-state index contributed by atoms with van der Waals surface area (Å²) < 4.78 is 0. The molecule has 1 saturated carbocycles. The van der Waals surface area contributed by atoms with E-state index < -0.39 is 0 Å². The summed E-state index contributed by atoms with van der Waals surface area (Å²) in [5, 5.41) is 0. The second kappa shape index (κ2) is 8.49.